The fraction of sp³-hybridized carbons (Fsp3) is 0.444. The number of amides is 2. The standard InChI is InChI=1S/C18H21N3O5S/c1-18(2,3)11-4-6-13-10(8-11)9-14(27-13)17(23)20-19-16(22)12-5-7-15(26-12)21(24)25/h5,7,9,11H,4,6,8H2,1-3H3,(H,19,22)(H,20,23). The Morgan fingerprint density at radius 1 is 1.26 bits per heavy atom. The maximum absolute atomic E-state index is 12.3. The molecule has 9 heteroatoms. The molecule has 0 spiro atoms. The monoisotopic (exact) mass is 391 g/mol. The van der Waals surface area contributed by atoms with Gasteiger partial charge >= 0.3 is 11.8 Å². The molecule has 144 valence electrons. The molecule has 1 aliphatic rings. The fourth-order valence-corrected chi connectivity index (χ4v) is 4.26. The van der Waals surface area contributed by atoms with E-state index in [9.17, 15) is 19.7 Å². The average molecular weight is 391 g/mol. The van der Waals surface area contributed by atoms with Crippen LogP contribution in [-0.2, 0) is 12.8 Å². The van der Waals surface area contributed by atoms with Crippen molar-refractivity contribution in [1.29, 1.82) is 0 Å². The van der Waals surface area contributed by atoms with Gasteiger partial charge in [-0.2, -0.15) is 0 Å². The van der Waals surface area contributed by atoms with Crippen LogP contribution in [0.3, 0.4) is 0 Å². The molecule has 2 heterocycles. The van der Waals surface area contributed by atoms with Gasteiger partial charge in [0.15, 0.2) is 0 Å². The predicted octanol–water partition coefficient (Wildman–Crippen LogP) is 3.48. The number of nitrogens with zero attached hydrogens (tertiary/aromatic N) is 1. The highest BCUT2D eigenvalue weighted by Crippen LogP contribution is 2.40. The summed E-state index contributed by atoms with van der Waals surface area (Å²) in [6, 6.07) is 4.14. The summed E-state index contributed by atoms with van der Waals surface area (Å²) in [4.78, 5) is 35.8. The van der Waals surface area contributed by atoms with Gasteiger partial charge in [-0.25, -0.2) is 0 Å². The molecule has 0 bridgehead atoms. The number of nitrogens with one attached hydrogen (secondary N) is 2. The van der Waals surface area contributed by atoms with Gasteiger partial charge in [-0.15, -0.1) is 11.3 Å². The Morgan fingerprint density at radius 2 is 1.96 bits per heavy atom. The first kappa shape index (κ1) is 19.1. The van der Waals surface area contributed by atoms with Crippen molar-refractivity contribution in [2.45, 2.75) is 40.0 Å². The molecule has 2 N–H and O–H groups in total. The van der Waals surface area contributed by atoms with E-state index in [0.717, 1.165) is 25.3 Å². The van der Waals surface area contributed by atoms with Crippen LogP contribution >= 0.6 is 11.3 Å². The highest BCUT2D eigenvalue weighted by molar-refractivity contribution is 7.14. The number of thiophene rings is 1. The Hall–Kier alpha value is -2.68. The van der Waals surface area contributed by atoms with E-state index in [4.69, 9.17) is 4.42 Å². The van der Waals surface area contributed by atoms with Gasteiger partial charge in [-0.1, -0.05) is 20.8 Å². The largest absolute Gasteiger partial charge is 0.433 e. The zero-order valence-corrected chi connectivity index (χ0v) is 16.1. The highest BCUT2D eigenvalue weighted by atomic mass is 32.1. The van der Waals surface area contributed by atoms with Crippen molar-refractivity contribution in [2.75, 3.05) is 0 Å². The van der Waals surface area contributed by atoms with Crippen LogP contribution in [0.15, 0.2) is 22.6 Å². The number of carbonyl (C=O) groups is 2. The van der Waals surface area contributed by atoms with Crippen LogP contribution in [0, 0.1) is 21.4 Å². The van der Waals surface area contributed by atoms with E-state index >= 15 is 0 Å². The van der Waals surface area contributed by atoms with Gasteiger partial charge in [-0.3, -0.25) is 30.6 Å². The first-order valence-corrected chi connectivity index (χ1v) is 9.43. The lowest BCUT2D eigenvalue weighted by Crippen LogP contribution is -2.41. The molecule has 0 saturated carbocycles. The van der Waals surface area contributed by atoms with Crippen molar-refractivity contribution >= 4 is 29.0 Å². The summed E-state index contributed by atoms with van der Waals surface area (Å²) in [5.74, 6) is -1.39. The molecule has 8 nitrogen and oxygen atoms in total. The number of nitro groups is 1. The molecular weight excluding hydrogens is 370 g/mol. The molecule has 1 aliphatic carbocycles. The van der Waals surface area contributed by atoms with Gasteiger partial charge in [0.05, 0.1) is 10.9 Å². The quantitative estimate of drug-likeness (QED) is 0.614. The zero-order valence-electron chi connectivity index (χ0n) is 15.3. The van der Waals surface area contributed by atoms with E-state index in [1.807, 2.05) is 6.07 Å². The maximum Gasteiger partial charge on any atom is 0.433 e. The Bertz CT molecular complexity index is 893. The molecule has 0 radical (unpaired) electrons. The molecule has 0 aromatic carbocycles. The van der Waals surface area contributed by atoms with Crippen LogP contribution in [0.4, 0.5) is 5.88 Å². The molecule has 27 heavy (non-hydrogen) atoms. The van der Waals surface area contributed by atoms with Crippen LogP contribution < -0.4 is 10.9 Å². The van der Waals surface area contributed by atoms with Gasteiger partial charge in [0.25, 0.3) is 5.91 Å². The summed E-state index contributed by atoms with van der Waals surface area (Å²) in [5, 5.41) is 10.6. The summed E-state index contributed by atoms with van der Waals surface area (Å²) in [6.07, 6.45) is 3.01. The minimum absolute atomic E-state index is 0.224. The molecule has 2 aromatic rings. The van der Waals surface area contributed by atoms with Crippen molar-refractivity contribution in [3.63, 3.8) is 0 Å². The molecule has 0 aliphatic heterocycles. The second-order valence-electron chi connectivity index (χ2n) is 7.67. The first-order chi connectivity index (χ1) is 12.6. The number of hydrogen-bond donors (Lipinski definition) is 2. The van der Waals surface area contributed by atoms with Crippen molar-refractivity contribution in [3.05, 3.63) is 49.4 Å². The summed E-state index contributed by atoms with van der Waals surface area (Å²) >= 11 is 1.44. The third kappa shape index (κ3) is 4.19. The number of fused-ring (bicyclic) bond motifs is 1. The predicted molar refractivity (Wildman–Crippen MR) is 99.6 cm³/mol. The van der Waals surface area contributed by atoms with Crippen LogP contribution in [-0.4, -0.2) is 16.7 Å². The van der Waals surface area contributed by atoms with E-state index in [1.165, 1.54) is 27.8 Å². The Kier molecular flexibility index (Phi) is 5.05. The Balaban J connectivity index is 1.61. The minimum atomic E-state index is -0.759. The highest BCUT2D eigenvalue weighted by Gasteiger charge is 2.30. The molecule has 0 saturated heterocycles. The third-order valence-electron chi connectivity index (χ3n) is 4.82. The summed E-state index contributed by atoms with van der Waals surface area (Å²) < 4.78 is 4.79. The number of hydrazine groups is 1. The molecule has 1 atom stereocenters. The minimum Gasteiger partial charge on any atom is -0.395 e. The number of rotatable bonds is 3. The second-order valence-corrected chi connectivity index (χ2v) is 8.80. The van der Waals surface area contributed by atoms with Gasteiger partial charge < -0.3 is 4.42 Å². The summed E-state index contributed by atoms with van der Waals surface area (Å²) in [5.41, 5.74) is 5.97. The third-order valence-corrected chi connectivity index (χ3v) is 6.05. The lowest BCUT2D eigenvalue weighted by molar-refractivity contribution is -0.402. The van der Waals surface area contributed by atoms with Crippen molar-refractivity contribution in [3.8, 4) is 0 Å². The molecule has 2 amide bonds. The fourth-order valence-electron chi connectivity index (χ4n) is 3.16. The van der Waals surface area contributed by atoms with Crippen molar-refractivity contribution in [2.24, 2.45) is 11.3 Å². The van der Waals surface area contributed by atoms with Gasteiger partial charge in [0.1, 0.15) is 4.92 Å². The Morgan fingerprint density at radius 3 is 2.59 bits per heavy atom. The average Bonchev–Trinajstić information content (AvgIpc) is 3.24. The van der Waals surface area contributed by atoms with Crippen LogP contribution in [0.2, 0.25) is 0 Å². The number of hydrogen-bond acceptors (Lipinski definition) is 6. The van der Waals surface area contributed by atoms with E-state index in [2.05, 4.69) is 31.6 Å². The van der Waals surface area contributed by atoms with Crippen LogP contribution in [0.1, 0.15) is 57.9 Å². The van der Waals surface area contributed by atoms with Crippen LogP contribution in [0.5, 0.6) is 0 Å². The summed E-state index contributed by atoms with van der Waals surface area (Å²) in [6.45, 7) is 6.70. The normalized spacial score (nSPS) is 16.5. The maximum atomic E-state index is 12.3. The molecular formula is C18H21N3O5S. The zero-order chi connectivity index (χ0) is 19.8. The van der Waals surface area contributed by atoms with Crippen molar-refractivity contribution < 1.29 is 18.9 Å². The number of aryl methyl sites for hydroxylation is 1. The molecule has 2 aromatic heterocycles. The lowest BCUT2D eigenvalue weighted by atomic mass is 9.72. The topological polar surface area (TPSA) is 114 Å². The van der Waals surface area contributed by atoms with Gasteiger partial charge in [0.2, 0.25) is 5.76 Å². The van der Waals surface area contributed by atoms with Gasteiger partial charge in [0, 0.05) is 4.88 Å². The number of furan rings is 1. The van der Waals surface area contributed by atoms with Crippen molar-refractivity contribution in [1.82, 2.24) is 10.9 Å². The van der Waals surface area contributed by atoms with E-state index in [0.29, 0.717) is 10.8 Å². The molecule has 3 rings (SSSR count). The smallest absolute Gasteiger partial charge is 0.395 e. The first-order valence-electron chi connectivity index (χ1n) is 8.61. The number of carbonyl (C=O) groups excluding carboxylic acids is 2. The Labute approximate surface area is 160 Å². The summed E-state index contributed by atoms with van der Waals surface area (Å²) in [7, 11) is 0. The van der Waals surface area contributed by atoms with Gasteiger partial charge in [-0.05, 0) is 48.3 Å². The van der Waals surface area contributed by atoms with E-state index in [1.54, 1.807) is 0 Å². The molecule has 0 fully saturated rings. The van der Waals surface area contributed by atoms with E-state index < -0.39 is 22.6 Å². The second kappa shape index (κ2) is 7.15. The molecule has 1 unspecified atom stereocenters. The van der Waals surface area contributed by atoms with E-state index in [-0.39, 0.29) is 11.2 Å². The SMILES string of the molecule is CC(C)(C)C1CCc2sc(C(=O)NNC(=O)c3ccc([N+](=O)[O-])o3)cc2C1. The van der Waals surface area contributed by atoms with Crippen LogP contribution in [0.25, 0.3) is 0 Å². The lowest BCUT2D eigenvalue weighted by Gasteiger charge is -2.33.